The molecule has 0 saturated heterocycles. The number of aliphatic carboxylic acids is 1. The van der Waals surface area contributed by atoms with Crippen molar-refractivity contribution in [3.05, 3.63) is 0 Å². The number of rotatable bonds is 6. The maximum Gasteiger partial charge on any atom is 1.00 e. The second-order valence-corrected chi connectivity index (χ2v) is 5.47. The molecule has 1 N–H and O–H groups in total. The van der Waals surface area contributed by atoms with Gasteiger partial charge in [-0.3, -0.25) is 8.42 Å². The number of halogens is 15. The third-order valence-corrected chi connectivity index (χ3v) is 2.60. The maximum atomic E-state index is 12.8. The van der Waals surface area contributed by atoms with Crippen molar-refractivity contribution in [3.8, 4) is 0 Å². The van der Waals surface area contributed by atoms with Gasteiger partial charge in [0.15, 0.2) is 0 Å². The Morgan fingerprint density at radius 1 is 0.562 bits per heavy atom. The first-order chi connectivity index (χ1) is 12.4. The fourth-order valence-electron chi connectivity index (χ4n) is 1.10. The van der Waals surface area contributed by atoms with Gasteiger partial charge in [0.25, 0.3) is 0 Å². The van der Waals surface area contributed by atoms with Gasteiger partial charge >= 0.3 is 150 Å². The first-order valence-corrected chi connectivity index (χ1v) is 7.01. The van der Waals surface area contributed by atoms with Gasteiger partial charge in [0.2, 0.25) is 0 Å². The molecule has 0 heterocycles. The summed E-state index contributed by atoms with van der Waals surface area (Å²) < 4.78 is 221. The molecule has 182 valence electrons. The predicted molar refractivity (Wildman–Crippen MR) is 53.8 cm³/mol. The van der Waals surface area contributed by atoms with Gasteiger partial charge in [-0.2, -0.15) is 65.9 Å². The van der Waals surface area contributed by atoms with Crippen LogP contribution in [0.3, 0.4) is 0 Å². The molecule has 6 nitrogen and oxygen atoms in total. The van der Waals surface area contributed by atoms with Crippen molar-refractivity contribution in [1.29, 1.82) is 0 Å². The number of alkyl halides is 15. The van der Waals surface area contributed by atoms with Crippen LogP contribution in [-0.4, -0.2) is 70.3 Å². The Morgan fingerprint density at radius 2 is 0.750 bits per heavy atom. The zero-order valence-electron chi connectivity index (χ0n) is 14.6. The molecular weight excluding hydrogens is 587 g/mol. The van der Waals surface area contributed by atoms with Crippen LogP contribution in [0.15, 0.2) is 0 Å². The molecule has 24 heteroatoms. The number of hydrogen-bond acceptors (Lipinski definition) is 5. The standard InChI is InChI=1S/C8HF15O2.2K.H2O4S/c9-2(10,1(24)25)3(11,12)4(13,14)5(15,16)6(17,18)7(19,20)8(21,22)23;;;1-5(2,3)4/h(H,24,25);;;(H2,1,2,3,4)/q;2*+1;/p-2. The third kappa shape index (κ3) is 7.78. The van der Waals surface area contributed by atoms with Crippen LogP contribution in [0.2, 0.25) is 0 Å². The molecular formula is C8HF15K2O6S. The van der Waals surface area contributed by atoms with E-state index in [1.54, 1.807) is 0 Å². The van der Waals surface area contributed by atoms with Crippen molar-refractivity contribution in [3.63, 3.8) is 0 Å². The number of carboxylic acids is 1. The summed E-state index contributed by atoms with van der Waals surface area (Å²) in [7, 11) is -5.17. The van der Waals surface area contributed by atoms with Crippen LogP contribution in [0.5, 0.6) is 0 Å². The first kappa shape index (κ1) is 40.7. The minimum absolute atomic E-state index is 0. The molecule has 0 atom stereocenters. The van der Waals surface area contributed by atoms with E-state index in [1.807, 2.05) is 0 Å². The summed E-state index contributed by atoms with van der Waals surface area (Å²) in [5.41, 5.74) is 0. The van der Waals surface area contributed by atoms with Crippen molar-refractivity contribution in [2.75, 3.05) is 0 Å². The molecule has 0 aromatic carbocycles. The minimum atomic E-state index is -8.47. The topological polar surface area (TPSA) is 118 Å². The smallest absolute Gasteiger partial charge is 0.759 e. The van der Waals surface area contributed by atoms with Crippen LogP contribution in [0.1, 0.15) is 0 Å². The largest absolute Gasteiger partial charge is 1.00 e. The summed E-state index contributed by atoms with van der Waals surface area (Å²) >= 11 is 0. The minimum Gasteiger partial charge on any atom is -0.759 e. The summed E-state index contributed by atoms with van der Waals surface area (Å²) in [6.07, 6.45) is -7.69. The Morgan fingerprint density at radius 3 is 0.938 bits per heavy atom. The van der Waals surface area contributed by atoms with Crippen LogP contribution >= 0.6 is 0 Å². The summed E-state index contributed by atoms with van der Waals surface area (Å²) in [5.74, 6) is -52.8. The van der Waals surface area contributed by atoms with E-state index in [4.69, 9.17) is 22.6 Å². The third-order valence-electron chi connectivity index (χ3n) is 2.60. The monoisotopic (exact) mass is 588 g/mol. The van der Waals surface area contributed by atoms with E-state index in [9.17, 15) is 70.7 Å². The van der Waals surface area contributed by atoms with E-state index in [0.717, 1.165) is 0 Å². The molecule has 0 bridgehead atoms. The van der Waals surface area contributed by atoms with Crippen LogP contribution in [0, 0.1) is 0 Å². The molecule has 32 heavy (non-hydrogen) atoms. The van der Waals surface area contributed by atoms with Gasteiger partial charge in [-0.25, -0.2) is 4.79 Å². The normalized spacial score (nSPS) is 14.4. The van der Waals surface area contributed by atoms with Crippen LogP contribution in [0.25, 0.3) is 0 Å². The van der Waals surface area contributed by atoms with E-state index < -0.39 is 58.1 Å². The first-order valence-electron chi connectivity index (χ1n) is 5.68. The average molecular weight is 588 g/mol. The number of carboxylic acid groups (broad SMARTS) is 1. The van der Waals surface area contributed by atoms with Gasteiger partial charge in [0.05, 0.1) is 0 Å². The van der Waals surface area contributed by atoms with Gasteiger partial charge in [0, 0.05) is 10.4 Å². The van der Waals surface area contributed by atoms with Gasteiger partial charge in [-0.15, -0.1) is 0 Å². The molecule has 0 rings (SSSR count). The van der Waals surface area contributed by atoms with Crippen LogP contribution in [-0.2, 0) is 15.2 Å². The van der Waals surface area contributed by atoms with Crippen molar-refractivity contribution in [1.82, 2.24) is 0 Å². The Hall–Kier alpha value is 1.56. The van der Waals surface area contributed by atoms with Gasteiger partial charge in [-0.05, 0) is 0 Å². The van der Waals surface area contributed by atoms with Crippen LogP contribution in [0.4, 0.5) is 65.9 Å². The molecule has 0 spiro atoms. The number of carbonyl (C=O) groups is 1. The Labute approximate surface area is 250 Å². The fourth-order valence-corrected chi connectivity index (χ4v) is 1.10. The Balaban J connectivity index is -0.000000501. The summed E-state index contributed by atoms with van der Waals surface area (Å²) in [6.45, 7) is 0. The molecule has 0 fully saturated rings. The van der Waals surface area contributed by atoms with E-state index in [-0.39, 0.29) is 103 Å². The van der Waals surface area contributed by atoms with Gasteiger partial charge < -0.3 is 14.2 Å². The van der Waals surface area contributed by atoms with E-state index in [1.165, 1.54) is 0 Å². The second-order valence-electron chi connectivity index (χ2n) is 4.66. The summed E-state index contributed by atoms with van der Waals surface area (Å²) in [5, 5.41) is 7.57. The molecule has 0 aromatic rings. The van der Waals surface area contributed by atoms with E-state index in [0.29, 0.717) is 0 Å². The molecule has 0 radical (unpaired) electrons. The SMILES string of the molecule is O=C(O)C(F)(F)C(F)(F)C(F)(F)C(F)(F)C(F)(F)C(F)(F)C(F)(F)F.O=S(=O)([O-])[O-].[K+].[K+]. The summed E-state index contributed by atoms with van der Waals surface area (Å²) in [6, 6.07) is 0. The van der Waals surface area contributed by atoms with Gasteiger partial charge in [0.1, 0.15) is 0 Å². The molecule has 0 amide bonds. The summed E-state index contributed by atoms with van der Waals surface area (Å²) in [4.78, 5) is 9.72. The quantitative estimate of drug-likeness (QED) is 0.154. The molecule has 0 aliphatic rings. The molecule has 0 aliphatic heterocycles. The Kier molecular flexibility index (Phi) is 14.9. The number of hydrogen-bond donors (Lipinski definition) is 1. The maximum absolute atomic E-state index is 12.8. The van der Waals surface area contributed by atoms with Crippen molar-refractivity contribution in [2.45, 2.75) is 41.7 Å². The average Bonchev–Trinajstić information content (AvgIpc) is 2.42. The zero-order valence-corrected chi connectivity index (χ0v) is 21.6. The second kappa shape index (κ2) is 11.7. The zero-order chi connectivity index (χ0) is 25.6. The van der Waals surface area contributed by atoms with Crippen LogP contribution < -0.4 is 103 Å². The van der Waals surface area contributed by atoms with Gasteiger partial charge in [-0.1, -0.05) is 0 Å². The molecule has 0 unspecified atom stereocenters. The molecule has 0 saturated carbocycles. The molecule has 0 aromatic heterocycles. The fraction of sp³-hybridized carbons (Fsp3) is 0.875. The van der Waals surface area contributed by atoms with E-state index >= 15 is 0 Å². The van der Waals surface area contributed by atoms with Crippen molar-refractivity contribution < 1.29 is 196 Å². The molecule has 0 aliphatic carbocycles. The van der Waals surface area contributed by atoms with Crippen molar-refractivity contribution in [2.24, 2.45) is 0 Å². The van der Waals surface area contributed by atoms with Crippen molar-refractivity contribution >= 4 is 16.4 Å². The Bertz CT molecular complexity index is 742. The van der Waals surface area contributed by atoms with E-state index in [2.05, 4.69) is 0 Å². The predicted octanol–water partition coefficient (Wildman–Crippen LogP) is -2.88.